The van der Waals surface area contributed by atoms with Crippen molar-refractivity contribution in [3.05, 3.63) is 71.4 Å². The van der Waals surface area contributed by atoms with Crippen LogP contribution in [0.1, 0.15) is 18.1 Å². The number of rotatable bonds is 9. The first kappa shape index (κ1) is 21.7. The molecule has 2 N–H and O–H groups in total. The van der Waals surface area contributed by atoms with Gasteiger partial charge in [-0.3, -0.25) is 4.79 Å². The number of carbonyl (C=O) groups is 2. The summed E-state index contributed by atoms with van der Waals surface area (Å²) >= 11 is 0. The summed E-state index contributed by atoms with van der Waals surface area (Å²) in [6, 6.07) is 16.7. The number of esters is 1. The Kier molecular flexibility index (Phi) is 7.44. The van der Waals surface area contributed by atoms with Gasteiger partial charge >= 0.3 is 5.97 Å². The predicted molar refractivity (Wildman–Crippen MR) is 117 cm³/mol. The monoisotopic (exact) mass is 417 g/mol. The van der Waals surface area contributed by atoms with Crippen molar-refractivity contribution in [3.63, 3.8) is 0 Å². The van der Waals surface area contributed by atoms with Gasteiger partial charge in [0.2, 0.25) is 0 Å². The molecule has 158 valence electrons. The minimum absolute atomic E-state index is 0.0499. The van der Waals surface area contributed by atoms with Crippen LogP contribution in [0.5, 0.6) is 5.75 Å². The third kappa shape index (κ3) is 5.73. The number of fused-ring (bicyclic) bond motifs is 1. The van der Waals surface area contributed by atoms with Crippen molar-refractivity contribution < 1.29 is 19.1 Å². The highest BCUT2D eigenvalue weighted by atomic mass is 16.6. The second kappa shape index (κ2) is 10.6. The van der Waals surface area contributed by atoms with E-state index < -0.39 is 11.9 Å². The van der Waals surface area contributed by atoms with Gasteiger partial charge in [0.15, 0.2) is 6.61 Å². The molecule has 7 nitrogen and oxygen atoms in total. The van der Waals surface area contributed by atoms with E-state index in [9.17, 15) is 14.9 Å². The molecule has 0 spiro atoms. The highest BCUT2D eigenvalue weighted by molar-refractivity contribution is 6.02. The Morgan fingerprint density at radius 3 is 2.74 bits per heavy atom. The number of hydrogen-bond donors (Lipinski definition) is 2. The molecular formula is C24H23N3O4. The number of nitrogens with one attached hydrogen (secondary N) is 2. The lowest BCUT2D eigenvalue weighted by molar-refractivity contribution is -0.145. The average molecular weight is 417 g/mol. The molecule has 0 saturated heterocycles. The van der Waals surface area contributed by atoms with Crippen molar-refractivity contribution in [2.24, 2.45) is 0 Å². The summed E-state index contributed by atoms with van der Waals surface area (Å²) in [5.41, 5.74) is 2.61. The standard InChI is InChI=1S/C24H23N3O4/c1-2-30-23(28)16-31-22-10-6-3-7-17(22)13-19(14-25)24(29)26-12-11-18-15-27-21-9-5-4-8-20(18)21/h3-10,13,15,27H,2,11-12,16H2,1H3,(H,26,29). The number of hydrogen-bond acceptors (Lipinski definition) is 5. The first-order valence-electron chi connectivity index (χ1n) is 9.94. The van der Waals surface area contributed by atoms with Crippen LogP contribution in [0.25, 0.3) is 17.0 Å². The van der Waals surface area contributed by atoms with Gasteiger partial charge in [0, 0.05) is 29.2 Å². The fourth-order valence-electron chi connectivity index (χ4n) is 3.12. The number of nitriles is 1. The Morgan fingerprint density at radius 2 is 1.94 bits per heavy atom. The SMILES string of the molecule is CCOC(=O)COc1ccccc1C=C(C#N)C(=O)NCCc1c[nH]c2ccccc12. The minimum Gasteiger partial charge on any atom is -0.481 e. The number of nitrogens with zero attached hydrogens (tertiary/aromatic N) is 1. The summed E-state index contributed by atoms with van der Waals surface area (Å²) in [4.78, 5) is 27.2. The van der Waals surface area contributed by atoms with E-state index in [2.05, 4.69) is 10.3 Å². The molecule has 31 heavy (non-hydrogen) atoms. The molecule has 0 saturated carbocycles. The Morgan fingerprint density at radius 1 is 1.16 bits per heavy atom. The van der Waals surface area contributed by atoms with Crippen LogP contribution in [-0.4, -0.2) is 36.6 Å². The van der Waals surface area contributed by atoms with Gasteiger partial charge in [-0.05, 0) is 37.1 Å². The largest absolute Gasteiger partial charge is 0.481 e. The van der Waals surface area contributed by atoms with E-state index in [-0.39, 0.29) is 18.8 Å². The average Bonchev–Trinajstić information content (AvgIpc) is 3.20. The molecule has 3 rings (SSSR count). The molecule has 1 heterocycles. The van der Waals surface area contributed by atoms with E-state index in [1.54, 1.807) is 31.2 Å². The fourth-order valence-corrected chi connectivity index (χ4v) is 3.12. The van der Waals surface area contributed by atoms with E-state index in [4.69, 9.17) is 9.47 Å². The molecule has 0 aliphatic heterocycles. The Labute approximate surface area is 180 Å². The van der Waals surface area contributed by atoms with Crippen LogP contribution in [0.4, 0.5) is 0 Å². The fraction of sp³-hybridized carbons (Fsp3) is 0.208. The summed E-state index contributed by atoms with van der Waals surface area (Å²) in [6.07, 6.45) is 4.00. The minimum atomic E-state index is -0.489. The zero-order valence-corrected chi connectivity index (χ0v) is 17.2. The molecule has 0 aliphatic rings. The third-order valence-electron chi connectivity index (χ3n) is 4.59. The molecule has 0 fully saturated rings. The number of benzene rings is 2. The molecule has 7 heteroatoms. The Hall–Kier alpha value is -4.05. The number of aromatic amines is 1. The Balaban J connectivity index is 1.64. The van der Waals surface area contributed by atoms with Gasteiger partial charge in [-0.2, -0.15) is 5.26 Å². The molecule has 3 aromatic rings. The molecule has 0 unspecified atom stereocenters. The van der Waals surface area contributed by atoms with Gasteiger partial charge in [0.05, 0.1) is 6.61 Å². The second-order valence-corrected chi connectivity index (χ2v) is 6.67. The zero-order chi connectivity index (χ0) is 22.1. The predicted octanol–water partition coefficient (Wildman–Crippen LogP) is 3.38. The normalized spacial score (nSPS) is 11.0. The van der Waals surface area contributed by atoms with Crippen molar-refractivity contribution >= 4 is 28.9 Å². The molecular weight excluding hydrogens is 394 g/mol. The molecule has 0 radical (unpaired) electrons. The van der Waals surface area contributed by atoms with Gasteiger partial charge in [0.1, 0.15) is 17.4 Å². The molecule has 0 aliphatic carbocycles. The maximum Gasteiger partial charge on any atom is 0.344 e. The van der Waals surface area contributed by atoms with E-state index in [0.29, 0.717) is 24.3 Å². The highest BCUT2D eigenvalue weighted by Crippen LogP contribution is 2.21. The summed E-state index contributed by atoms with van der Waals surface area (Å²) in [7, 11) is 0. The van der Waals surface area contributed by atoms with Gasteiger partial charge in [0.25, 0.3) is 5.91 Å². The number of aromatic nitrogens is 1. The van der Waals surface area contributed by atoms with E-state index in [0.717, 1.165) is 16.5 Å². The van der Waals surface area contributed by atoms with Crippen LogP contribution in [0, 0.1) is 11.3 Å². The quantitative estimate of drug-likeness (QED) is 0.316. The van der Waals surface area contributed by atoms with Crippen LogP contribution in [0.3, 0.4) is 0 Å². The summed E-state index contributed by atoms with van der Waals surface area (Å²) < 4.78 is 10.3. The summed E-state index contributed by atoms with van der Waals surface area (Å²) in [5, 5.41) is 13.4. The molecule has 1 amide bonds. The lowest BCUT2D eigenvalue weighted by atomic mass is 10.1. The molecule has 2 aromatic carbocycles. The number of carbonyl (C=O) groups excluding carboxylic acids is 2. The van der Waals surface area contributed by atoms with Crippen LogP contribution in [0.15, 0.2) is 60.3 Å². The molecule has 0 atom stereocenters. The highest BCUT2D eigenvalue weighted by Gasteiger charge is 2.12. The first-order chi connectivity index (χ1) is 15.1. The second-order valence-electron chi connectivity index (χ2n) is 6.67. The van der Waals surface area contributed by atoms with Crippen LogP contribution in [-0.2, 0) is 20.7 Å². The Bertz CT molecular complexity index is 1140. The summed E-state index contributed by atoms with van der Waals surface area (Å²) in [6.45, 7) is 2.12. The zero-order valence-electron chi connectivity index (χ0n) is 17.2. The summed E-state index contributed by atoms with van der Waals surface area (Å²) in [5.74, 6) is -0.575. The van der Waals surface area contributed by atoms with Crippen molar-refractivity contribution in [1.82, 2.24) is 10.3 Å². The van der Waals surface area contributed by atoms with Gasteiger partial charge < -0.3 is 19.8 Å². The lowest BCUT2D eigenvalue weighted by Crippen LogP contribution is -2.26. The number of amides is 1. The molecule has 0 bridgehead atoms. The van der Waals surface area contributed by atoms with Crippen molar-refractivity contribution in [3.8, 4) is 11.8 Å². The van der Waals surface area contributed by atoms with Crippen molar-refractivity contribution in [2.75, 3.05) is 19.8 Å². The number of H-pyrrole nitrogens is 1. The van der Waals surface area contributed by atoms with E-state index in [1.165, 1.54) is 6.08 Å². The van der Waals surface area contributed by atoms with Crippen LogP contribution < -0.4 is 10.1 Å². The third-order valence-corrected chi connectivity index (χ3v) is 4.59. The first-order valence-corrected chi connectivity index (χ1v) is 9.94. The maximum absolute atomic E-state index is 12.5. The maximum atomic E-state index is 12.5. The van der Waals surface area contributed by atoms with Crippen LogP contribution in [0.2, 0.25) is 0 Å². The van der Waals surface area contributed by atoms with Crippen LogP contribution >= 0.6 is 0 Å². The van der Waals surface area contributed by atoms with Crippen molar-refractivity contribution in [1.29, 1.82) is 5.26 Å². The number of para-hydroxylation sites is 2. The van der Waals surface area contributed by atoms with E-state index in [1.807, 2.05) is 36.5 Å². The van der Waals surface area contributed by atoms with Gasteiger partial charge in [-0.25, -0.2) is 4.79 Å². The lowest BCUT2D eigenvalue weighted by Gasteiger charge is -2.09. The smallest absolute Gasteiger partial charge is 0.344 e. The van der Waals surface area contributed by atoms with E-state index >= 15 is 0 Å². The van der Waals surface area contributed by atoms with Gasteiger partial charge in [-0.15, -0.1) is 0 Å². The number of ether oxygens (including phenoxy) is 2. The topological polar surface area (TPSA) is 104 Å². The molecule has 1 aromatic heterocycles. The van der Waals surface area contributed by atoms with Crippen molar-refractivity contribution in [2.45, 2.75) is 13.3 Å². The van der Waals surface area contributed by atoms with Gasteiger partial charge in [-0.1, -0.05) is 36.4 Å².